The molecule has 1 fully saturated rings. The minimum absolute atomic E-state index is 0.0298. The third kappa shape index (κ3) is 2.87. The lowest BCUT2D eigenvalue weighted by Gasteiger charge is -2.32. The second-order valence-electron chi connectivity index (χ2n) is 6.59. The van der Waals surface area contributed by atoms with Crippen LogP contribution in [-0.2, 0) is 11.2 Å². The number of nitrogens with zero attached hydrogens (tertiary/aromatic N) is 3. The van der Waals surface area contributed by atoms with E-state index in [-0.39, 0.29) is 11.9 Å². The van der Waals surface area contributed by atoms with Crippen LogP contribution >= 0.6 is 0 Å². The summed E-state index contributed by atoms with van der Waals surface area (Å²) in [5.41, 5.74) is 4.07. The molecule has 2 aromatic rings. The summed E-state index contributed by atoms with van der Waals surface area (Å²) in [5, 5.41) is 6.96. The summed E-state index contributed by atoms with van der Waals surface area (Å²) in [5.74, 6) is 1.46. The molecule has 0 bridgehead atoms. The van der Waals surface area contributed by atoms with Crippen LogP contribution in [0.5, 0.6) is 0 Å². The van der Waals surface area contributed by atoms with Crippen LogP contribution in [0.2, 0.25) is 0 Å². The molecule has 25 heavy (non-hydrogen) atoms. The van der Waals surface area contributed by atoms with Gasteiger partial charge in [-0.15, -0.1) is 0 Å². The SMILES string of the molecule is CCc1noc([C@@H](C)N2CCC(=C3C(=O)Nc4ccccc43)CC2)n1. The number of benzene rings is 1. The highest BCUT2D eigenvalue weighted by Gasteiger charge is 2.30. The summed E-state index contributed by atoms with van der Waals surface area (Å²) < 4.78 is 5.38. The highest BCUT2D eigenvalue weighted by molar-refractivity contribution is 6.32. The number of amides is 1. The van der Waals surface area contributed by atoms with E-state index in [0.29, 0.717) is 5.89 Å². The van der Waals surface area contributed by atoms with Crippen molar-refractivity contribution < 1.29 is 9.32 Å². The predicted molar refractivity (Wildman–Crippen MR) is 94.9 cm³/mol. The van der Waals surface area contributed by atoms with Crippen molar-refractivity contribution in [2.75, 3.05) is 18.4 Å². The summed E-state index contributed by atoms with van der Waals surface area (Å²) in [4.78, 5) is 19.2. The molecule has 0 aliphatic carbocycles. The first kappa shape index (κ1) is 16.0. The second-order valence-corrected chi connectivity index (χ2v) is 6.59. The molecule has 2 aliphatic rings. The maximum Gasteiger partial charge on any atom is 0.256 e. The molecule has 4 rings (SSSR count). The van der Waals surface area contributed by atoms with E-state index in [4.69, 9.17) is 4.52 Å². The largest absolute Gasteiger partial charge is 0.338 e. The van der Waals surface area contributed by atoms with E-state index >= 15 is 0 Å². The molecule has 130 valence electrons. The lowest BCUT2D eigenvalue weighted by Crippen LogP contribution is -2.33. The van der Waals surface area contributed by atoms with Gasteiger partial charge in [0.2, 0.25) is 5.89 Å². The van der Waals surface area contributed by atoms with Gasteiger partial charge in [-0.2, -0.15) is 4.98 Å². The van der Waals surface area contributed by atoms with Gasteiger partial charge in [-0.25, -0.2) is 0 Å². The Morgan fingerprint density at radius 2 is 2.04 bits per heavy atom. The van der Waals surface area contributed by atoms with Crippen LogP contribution in [0.1, 0.15) is 50.0 Å². The van der Waals surface area contributed by atoms with Gasteiger partial charge in [0.1, 0.15) is 0 Å². The van der Waals surface area contributed by atoms with E-state index in [2.05, 4.69) is 27.3 Å². The van der Waals surface area contributed by atoms with E-state index in [9.17, 15) is 4.79 Å². The van der Waals surface area contributed by atoms with E-state index in [1.807, 2.05) is 31.2 Å². The van der Waals surface area contributed by atoms with Gasteiger partial charge in [-0.05, 0) is 25.8 Å². The highest BCUT2D eigenvalue weighted by atomic mass is 16.5. The molecular formula is C19H22N4O2. The molecular weight excluding hydrogens is 316 g/mol. The number of fused-ring (bicyclic) bond motifs is 1. The number of piperidine rings is 1. The second kappa shape index (κ2) is 6.44. The number of nitrogens with one attached hydrogen (secondary N) is 1. The first-order valence-electron chi connectivity index (χ1n) is 8.86. The molecule has 1 atom stereocenters. The van der Waals surface area contributed by atoms with E-state index in [1.165, 1.54) is 5.57 Å². The average Bonchev–Trinajstić information content (AvgIpc) is 3.25. The summed E-state index contributed by atoms with van der Waals surface area (Å²) in [7, 11) is 0. The van der Waals surface area contributed by atoms with Gasteiger partial charge in [-0.3, -0.25) is 9.69 Å². The molecule has 1 saturated heterocycles. The number of aromatic nitrogens is 2. The Balaban J connectivity index is 1.51. The van der Waals surface area contributed by atoms with Crippen molar-refractivity contribution in [1.29, 1.82) is 0 Å². The first-order valence-corrected chi connectivity index (χ1v) is 8.86. The molecule has 1 amide bonds. The Morgan fingerprint density at radius 3 is 2.76 bits per heavy atom. The molecule has 0 unspecified atom stereocenters. The maximum atomic E-state index is 12.4. The normalized spacial score (nSPS) is 19.0. The topological polar surface area (TPSA) is 71.3 Å². The maximum absolute atomic E-state index is 12.4. The number of para-hydroxylation sites is 1. The van der Waals surface area contributed by atoms with Gasteiger partial charge in [0.25, 0.3) is 5.91 Å². The zero-order valence-corrected chi connectivity index (χ0v) is 14.6. The lowest BCUT2D eigenvalue weighted by molar-refractivity contribution is -0.110. The fourth-order valence-electron chi connectivity index (χ4n) is 3.64. The van der Waals surface area contributed by atoms with Crippen molar-refractivity contribution in [3.8, 4) is 0 Å². The van der Waals surface area contributed by atoms with Crippen LogP contribution < -0.4 is 5.32 Å². The van der Waals surface area contributed by atoms with Gasteiger partial charge >= 0.3 is 0 Å². The number of anilines is 1. The Kier molecular flexibility index (Phi) is 4.13. The Labute approximate surface area is 146 Å². The average molecular weight is 338 g/mol. The number of hydrogen-bond acceptors (Lipinski definition) is 5. The molecule has 6 heteroatoms. The van der Waals surface area contributed by atoms with Crippen molar-refractivity contribution >= 4 is 17.2 Å². The smallest absolute Gasteiger partial charge is 0.256 e. The molecule has 1 aromatic carbocycles. The van der Waals surface area contributed by atoms with Crippen LogP contribution in [0.3, 0.4) is 0 Å². The summed E-state index contributed by atoms with van der Waals surface area (Å²) >= 11 is 0. The first-order chi connectivity index (χ1) is 12.2. The van der Waals surface area contributed by atoms with Crippen LogP contribution in [-0.4, -0.2) is 34.0 Å². The lowest BCUT2D eigenvalue weighted by atomic mass is 9.93. The zero-order valence-electron chi connectivity index (χ0n) is 14.6. The van der Waals surface area contributed by atoms with Crippen LogP contribution in [0.25, 0.3) is 5.57 Å². The van der Waals surface area contributed by atoms with Gasteiger partial charge in [0.05, 0.1) is 6.04 Å². The number of hydrogen-bond donors (Lipinski definition) is 1. The van der Waals surface area contributed by atoms with Crippen molar-refractivity contribution in [2.45, 2.75) is 39.2 Å². The number of likely N-dealkylation sites (tertiary alicyclic amines) is 1. The van der Waals surface area contributed by atoms with Crippen molar-refractivity contribution in [1.82, 2.24) is 15.0 Å². The molecule has 1 N–H and O–H groups in total. The number of aryl methyl sites for hydroxylation is 1. The van der Waals surface area contributed by atoms with Gasteiger partial charge < -0.3 is 9.84 Å². The number of rotatable bonds is 3. The number of carbonyl (C=O) groups is 1. The fourth-order valence-corrected chi connectivity index (χ4v) is 3.64. The van der Waals surface area contributed by atoms with Crippen molar-refractivity contribution in [3.63, 3.8) is 0 Å². The van der Waals surface area contributed by atoms with E-state index < -0.39 is 0 Å². The molecule has 0 saturated carbocycles. The van der Waals surface area contributed by atoms with Crippen molar-refractivity contribution in [2.24, 2.45) is 0 Å². The highest BCUT2D eigenvalue weighted by Crippen LogP contribution is 2.37. The van der Waals surface area contributed by atoms with E-state index in [1.54, 1.807) is 0 Å². The van der Waals surface area contributed by atoms with Gasteiger partial charge in [-0.1, -0.05) is 35.9 Å². The Bertz CT molecular complexity index is 829. The Hall–Kier alpha value is -2.47. The molecule has 3 heterocycles. The van der Waals surface area contributed by atoms with E-state index in [0.717, 1.165) is 55.0 Å². The van der Waals surface area contributed by atoms with Crippen LogP contribution in [0, 0.1) is 0 Å². The fraction of sp³-hybridized carbons (Fsp3) is 0.421. The standard InChI is InChI=1S/C19H22N4O2/c1-3-16-21-19(25-22-16)12(2)23-10-8-13(9-11-23)17-14-6-4-5-7-15(14)20-18(17)24/h4-7,12H,3,8-11H2,1-2H3,(H,20,24)/t12-/m1/s1. The quantitative estimate of drug-likeness (QED) is 0.870. The molecule has 2 aliphatic heterocycles. The summed E-state index contributed by atoms with van der Waals surface area (Å²) in [6.07, 6.45) is 2.55. The third-order valence-electron chi connectivity index (χ3n) is 5.13. The van der Waals surface area contributed by atoms with Crippen LogP contribution in [0.15, 0.2) is 34.4 Å². The third-order valence-corrected chi connectivity index (χ3v) is 5.13. The minimum atomic E-state index is 0.0298. The van der Waals surface area contributed by atoms with Gasteiger partial charge in [0, 0.05) is 36.3 Å². The molecule has 0 radical (unpaired) electrons. The molecule has 6 nitrogen and oxygen atoms in total. The minimum Gasteiger partial charge on any atom is -0.338 e. The number of carbonyl (C=O) groups excluding carboxylic acids is 1. The Morgan fingerprint density at radius 1 is 1.28 bits per heavy atom. The molecule has 1 aromatic heterocycles. The van der Waals surface area contributed by atoms with Crippen LogP contribution in [0.4, 0.5) is 5.69 Å². The summed E-state index contributed by atoms with van der Waals surface area (Å²) in [6.45, 7) is 5.89. The molecule has 0 spiro atoms. The zero-order chi connectivity index (χ0) is 17.4. The summed E-state index contributed by atoms with van der Waals surface area (Å²) in [6, 6.07) is 8.02. The van der Waals surface area contributed by atoms with Gasteiger partial charge in [0.15, 0.2) is 5.82 Å². The predicted octanol–water partition coefficient (Wildman–Crippen LogP) is 3.19. The monoisotopic (exact) mass is 338 g/mol. The van der Waals surface area contributed by atoms with Crippen molar-refractivity contribution in [3.05, 3.63) is 47.1 Å².